The highest BCUT2D eigenvalue weighted by atomic mass is 16.5. The van der Waals surface area contributed by atoms with E-state index in [0.717, 1.165) is 12.8 Å². The fraction of sp³-hybridized carbons (Fsp3) is 0.444. The highest BCUT2D eigenvalue weighted by Crippen LogP contribution is 2.28. The summed E-state index contributed by atoms with van der Waals surface area (Å²) in [7, 11) is 1.64. The zero-order valence-corrected chi connectivity index (χ0v) is 15.8. The smallest absolute Gasteiger partial charge is 0.341 e. The van der Waals surface area contributed by atoms with Gasteiger partial charge in [0.15, 0.2) is 0 Å². The largest absolute Gasteiger partial charge is 0.346 e. The lowest BCUT2D eigenvalue weighted by atomic mass is 9.96. The third kappa shape index (κ3) is 3.45. The standard InChI is InChI=1S/C18H21N7O3/c1-12-21-25(18(27)23(12)2)11-15(26)24-9-6-13(7-10-24)17-20-16(22-28-17)14-5-3-4-8-19-14/h3-5,8,13H,6-7,9-11H2,1-2H3. The number of aryl methyl sites for hydroxylation is 1. The molecule has 0 radical (unpaired) electrons. The molecular weight excluding hydrogens is 362 g/mol. The maximum atomic E-state index is 12.5. The monoisotopic (exact) mass is 383 g/mol. The summed E-state index contributed by atoms with van der Waals surface area (Å²) in [6, 6.07) is 5.53. The van der Waals surface area contributed by atoms with Crippen molar-refractivity contribution in [3.05, 3.63) is 46.6 Å². The van der Waals surface area contributed by atoms with Crippen LogP contribution < -0.4 is 5.69 Å². The van der Waals surface area contributed by atoms with Gasteiger partial charge in [0.1, 0.15) is 18.1 Å². The summed E-state index contributed by atoms with van der Waals surface area (Å²) in [5.41, 5.74) is 0.384. The average Bonchev–Trinajstić information content (AvgIpc) is 3.31. The van der Waals surface area contributed by atoms with Crippen LogP contribution in [0.1, 0.15) is 30.5 Å². The highest BCUT2D eigenvalue weighted by molar-refractivity contribution is 5.76. The fourth-order valence-electron chi connectivity index (χ4n) is 3.30. The number of rotatable bonds is 4. The fourth-order valence-corrected chi connectivity index (χ4v) is 3.30. The molecule has 1 aliphatic rings. The van der Waals surface area contributed by atoms with Gasteiger partial charge in [-0.25, -0.2) is 9.48 Å². The lowest BCUT2D eigenvalue weighted by Gasteiger charge is -2.30. The van der Waals surface area contributed by atoms with Crippen LogP contribution in [0.25, 0.3) is 11.5 Å². The minimum Gasteiger partial charge on any atom is -0.341 e. The van der Waals surface area contributed by atoms with E-state index < -0.39 is 0 Å². The second-order valence-corrected chi connectivity index (χ2v) is 6.87. The first-order valence-electron chi connectivity index (χ1n) is 9.16. The van der Waals surface area contributed by atoms with E-state index in [0.29, 0.717) is 36.3 Å². The van der Waals surface area contributed by atoms with E-state index in [4.69, 9.17) is 4.52 Å². The molecule has 1 aliphatic heterocycles. The molecule has 0 saturated carbocycles. The molecule has 0 N–H and O–H groups in total. The maximum absolute atomic E-state index is 12.5. The molecule has 1 fully saturated rings. The molecule has 4 heterocycles. The van der Waals surface area contributed by atoms with E-state index in [-0.39, 0.29) is 24.1 Å². The normalized spacial score (nSPS) is 15.1. The molecule has 4 rings (SSSR count). The van der Waals surface area contributed by atoms with Gasteiger partial charge in [-0.1, -0.05) is 11.2 Å². The molecule has 146 valence electrons. The van der Waals surface area contributed by atoms with Gasteiger partial charge < -0.3 is 9.42 Å². The van der Waals surface area contributed by atoms with Gasteiger partial charge in [-0.05, 0) is 31.9 Å². The van der Waals surface area contributed by atoms with Crippen molar-refractivity contribution in [1.82, 2.24) is 34.4 Å². The van der Waals surface area contributed by atoms with E-state index in [1.165, 1.54) is 9.25 Å². The molecule has 10 nitrogen and oxygen atoms in total. The number of carbonyl (C=O) groups excluding carboxylic acids is 1. The predicted molar refractivity (Wildman–Crippen MR) is 98.3 cm³/mol. The number of aromatic nitrogens is 6. The van der Waals surface area contributed by atoms with Crippen LogP contribution in [0.5, 0.6) is 0 Å². The van der Waals surface area contributed by atoms with Crippen molar-refractivity contribution >= 4 is 5.91 Å². The van der Waals surface area contributed by atoms with Gasteiger partial charge >= 0.3 is 5.69 Å². The minimum absolute atomic E-state index is 0.0461. The lowest BCUT2D eigenvalue weighted by Crippen LogP contribution is -2.41. The van der Waals surface area contributed by atoms with E-state index in [9.17, 15) is 9.59 Å². The molecule has 1 saturated heterocycles. The van der Waals surface area contributed by atoms with E-state index in [1.54, 1.807) is 25.1 Å². The van der Waals surface area contributed by atoms with Gasteiger partial charge in [0.05, 0.1) is 0 Å². The van der Waals surface area contributed by atoms with E-state index in [2.05, 4.69) is 20.2 Å². The quantitative estimate of drug-likeness (QED) is 0.653. The van der Waals surface area contributed by atoms with Crippen LogP contribution in [0.3, 0.4) is 0 Å². The highest BCUT2D eigenvalue weighted by Gasteiger charge is 2.28. The molecule has 0 aliphatic carbocycles. The number of hydrogen-bond donors (Lipinski definition) is 0. The molecule has 3 aromatic heterocycles. The Kier molecular flexibility index (Phi) is 4.76. The van der Waals surface area contributed by atoms with Crippen molar-refractivity contribution in [2.24, 2.45) is 7.05 Å². The molecule has 28 heavy (non-hydrogen) atoms. The van der Waals surface area contributed by atoms with Crippen LogP contribution in [0.15, 0.2) is 33.7 Å². The Morgan fingerprint density at radius 2 is 2.07 bits per heavy atom. The molecule has 3 aromatic rings. The van der Waals surface area contributed by atoms with Crippen molar-refractivity contribution in [2.75, 3.05) is 13.1 Å². The third-order valence-corrected chi connectivity index (χ3v) is 5.08. The van der Waals surface area contributed by atoms with Crippen molar-refractivity contribution in [3.63, 3.8) is 0 Å². The Bertz CT molecular complexity index is 1030. The second kappa shape index (κ2) is 7.37. The third-order valence-electron chi connectivity index (χ3n) is 5.08. The number of nitrogens with zero attached hydrogens (tertiary/aromatic N) is 7. The summed E-state index contributed by atoms with van der Waals surface area (Å²) in [6.07, 6.45) is 3.14. The van der Waals surface area contributed by atoms with Gasteiger partial charge in [-0.2, -0.15) is 10.1 Å². The van der Waals surface area contributed by atoms with Gasteiger partial charge in [0.2, 0.25) is 17.6 Å². The molecule has 0 unspecified atom stereocenters. The van der Waals surface area contributed by atoms with E-state index >= 15 is 0 Å². The molecule has 1 amide bonds. The zero-order valence-electron chi connectivity index (χ0n) is 15.8. The summed E-state index contributed by atoms with van der Waals surface area (Å²) in [5, 5.41) is 8.13. The first-order valence-corrected chi connectivity index (χ1v) is 9.16. The predicted octanol–water partition coefficient (Wildman–Crippen LogP) is 0.741. The number of hydrogen-bond acceptors (Lipinski definition) is 7. The van der Waals surface area contributed by atoms with Crippen LogP contribution >= 0.6 is 0 Å². The molecule has 0 bridgehead atoms. The van der Waals surface area contributed by atoms with E-state index in [1.807, 2.05) is 18.2 Å². The number of likely N-dealkylation sites (tertiary alicyclic amines) is 1. The van der Waals surface area contributed by atoms with Crippen LogP contribution in [0.4, 0.5) is 0 Å². The van der Waals surface area contributed by atoms with Crippen LogP contribution in [0, 0.1) is 6.92 Å². The Balaban J connectivity index is 1.37. The summed E-state index contributed by atoms with van der Waals surface area (Å²) in [6.45, 7) is 2.84. The molecule has 0 aromatic carbocycles. The Morgan fingerprint density at radius 1 is 1.29 bits per heavy atom. The first-order chi connectivity index (χ1) is 13.5. The topological polar surface area (TPSA) is 112 Å². The molecule has 0 spiro atoms. The Labute approximate surface area is 160 Å². The SMILES string of the molecule is Cc1nn(CC(=O)N2CCC(c3nc(-c4ccccn4)no3)CC2)c(=O)n1C. The number of piperidine rings is 1. The van der Waals surface area contributed by atoms with Crippen LogP contribution in [0.2, 0.25) is 0 Å². The van der Waals surface area contributed by atoms with Gasteiger partial charge in [-0.3, -0.25) is 14.3 Å². The van der Waals surface area contributed by atoms with Gasteiger partial charge in [-0.15, -0.1) is 0 Å². The Morgan fingerprint density at radius 3 is 2.71 bits per heavy atom. The summed E-state index contributed by atoms with van der Waals surface area (Å²) >= 11 is 0. The Hall–Kier alpha value is -3.30. The summed E-state index contributed by atoms with van der Waals surface area (Å²) < 4.78 is 8.05. The zero-order chi connectivity index (χ0) is 19.7. The second-order valence-electron chi connectivity index (χ2n) is 6.87. The van der Waals surface area contributed by atoms with Crippen molar-refractivity contribution in [1.29, 1.82) is 0 Å². The first kappa shape index (κ1) is 18.1. The number of amides is 1. The maximum Gasteiger partial charge on any atom is 0.346 e. The summed E-state index contributed by atoms with van der Waals surface area (Å²) in [4.78, 5) is 35.0. The van der Waals surface area contributed by atoms with Crippen molar-refractivity contribution in [3.8, 4) is 11.5 Å². The van der Waals surface area contributed by atoms with Crippen molar-refractivity contribution in [2.45, 2.75) is 32.2 Å². The summed E-state index contributed by atoms with van der Waals surface area (Å²) in [5.74, 6) is 1.62. The molecule has 10 heteroatoms. The number of carbonyl (C=O) groups is 1. The van der Waals surface area contributed by atoms with Gasteiger partial charge in [0.25, 0.3) is 0 Å². The van der Waals surface area contributed by atoms with Crippen LogP contribution in [-0.4, -0.2) is 53.4 Å². The lowest BCUT2D eigenvalue weighted by molar-refractivity contribution is -0.133. The minimum atomic E-state index is -0.284. The molecule has 0 atom stereocenters. The number of pyridine rings is 1. The molecular formula is C18H21N7O3. The average molecular weight is 383 g/mol. The van der Waals surface area contributed by atoms with Gasteiger partial charge in [0, 0.05) is 32.3 Å². The van der Waals surface area contributed by atoms with Crippen LogP contribution in [-0.2, 0) is 18.4 Å². The van der Waals surface area contributed by atoms with Crippen molar-refractivity contribution < 1.29 is 9.32 Å².